The Hall–Kier alpha value is -5.10. The molecule has 0 unspecified atom stereocenters. The SMILES string of the molecule is COc1cc(N=Nc2cc(S(=O)(=O)O)c3cc(S(=O)(=O)O)cc(S(=O)(=O)O)c3c2)c(C)cc1N=Nc1ccc(Nc2nc(F)nc(F)c2Cl)cc1. The van der Waals surface area contributed by atoms with Crippen LogP contribution in [-0.2, 0) is 30.4 Å². The van der Waals surface area contributed by atoms with E-state index < -0.39 is 72.9 Å². The van der Waals surface area contributed by atoms with E-state index in [9.17, 15) is 47.7 Å². The third kappa shape index (κ3) is 8.45. The van der Waals surface area contributed by atoms with E-state index in [0.29, 0.717) is 29.1 Å². The number of anilines is 2. The first-order chi connectivity index (χ1) is 23.7. The van der Waals surface area contributed by atoms with Crippen LogP contribution in [0.4, 0.5) is 43.0 Å². The molecule has 0 aliphatic heterocycles. The van der Waals surface area contributed by atoms with Crippen molar-refractivity contribution >= 4 is 87.0 Å². The fourth-order valence-electron chi connectivity index (χ4n) is 4.45. The van der Waals surface area contributed by atoms with Gasteiger partial charge in [-0.05, 0) is 67.1 Å². The Morgan fingerprint density at radius 3 is 1.92 bits per heavy atom. The molecule has 0 atom stereocenters. The predicted octanol–water partition coefficient (Wildman–Crippen LogP) is 7.19. The van der Waals surface area contributed by atoms with Crippen LogP contribution in [0.15, 0.2) is 95.8 Å². The molecule has 0 aliphatic carbocycles. The highest BCUT2D eigenvalue weighted by atomic mass is 35.5. The van der Waals surface area contributed by atoms with Gasteiger partial charge in [0.05, 0.1) is 29.1 Å². The highest BCUT2D eigenvalue weighted by Gasteiger charge is 2.25. The minimum Gasteiger partial charge on any atom is -0.494 e. The second-order valence-electron chi connectivity index (χ2n) is 10.2. The van der Waals surface area contributed by atoms with Crippen LogP contribution in [-0.4, -0.2) is 56.0 Å². The molecule has 266 valence electrons. The molecule has 0 amide bonds. The van der Waals surface area contributed by atoms with E-state index in [4.69, 9.17) is 16.3 Å². The zero-order valence-corrected chi connectivity index (χ0v) is 28.7. The maximum absolute atomic E-state index is 13.6. The van der Waals surface area contributed by atoms with Crippen LogP contribution in [0.1, 0.15) is 5.56 Å². The number of halogens is 3. The molecular weight excluding hydrogens is 764 g/mol. The number of nitrogens with zero attached hydrogens (tertiary/aromatic N) is 6. The molecule has 23 heteroatoms. The van der Waals surface area contributed by atoms with Crippen LogP contribution in [0.2, 0.25) is 5.02 Å². The van der Waals surface area contributed by atoms with Crippen molar-refractivity contribution in [3.8, 4) is 5.75 Å². The van der Waals surface area contributed by atoms with E-state index >= 15 is 0 Å². The predicted molar refractivity (Wildman–Crippen MR) is 176 cm³/mol. The third-order valence-electron chi connectivity index (χ3n) is 6.76. The Morgan fingerprint density at radius 1 is 0.725 bits per heavy atom. The van der Waals surface area contributed by atoms with Crippen LogP contribution >= 0.6 is 11.6 Å². The maximum Gasteiger partial charge on any atom is 0.313 e. The number of hydrogen-bond donors (Lipinski definition) is 4. The van der Waals surface area contributed by atoms with Gasteiger partial charge in [-0.1, -0.05) is 11.6 Å². The normalized spacial score (nSPS) is 12.6. The van der Waals surface area contributed by atoms with Gasteiger partial charge in [-0.2, -0.15) is 59.3 Å². The number of methoxy groups -OCH3 is 1. The number of benzene rings is 4. The van der Waals surface area contributed by atoms with E-state index in [2.05, 4.69) is 35.7 Å². The Bertz CT molecular complexity index is 2630. The Morgan fingerprint density at radius 2 is 1.31 bits per heavy atom. The smallest absolute Gasteiger partial charge is 0.313 e. The molecular formula is C28H20ClF2N7O10S3. The molecule has 0 aliphatic rings. The van der Waals surface area contributed by atoms with Gasteiger partial charge in [-0.3, -0.25) is 13.7 Å². The van der Waals surface area contributed by atoms with Crippen molar-refractivity contribution in [2.24, 2.45) is 20.5 Å². The molecule has 5 rings (SSSR count). The summed E-state index contributed by atoms with van der Waals surface area (Å²) in [7, 11) is -14.2. The third-order valence-corrected chi connectivity index (χ3v) is 9.72. The summed E-state index contributed by atoms with van der Waals surface area (Å²) in [6.07, 6.45) is -1.31. The molecule has 0 bridgehead atoms. The van der Waals surface area contributed by atoms with Crippen molar-refractivity contribution in [3.05, 3.63) is 83.3 Å². The van der Waals surface area contributed by atoms with Crippen molar-refractivity contribution in [2.75, 3.05) is 12.4 Å². The van der Waals surface area contributed by atoms with E-state index in [0.717, 1.165) is 12.1 Å². The van der Waals surface area contributed by atoms with Crippen LogP contribution < -0.4 is 10.1 Å². The number of aromatic nitrogens is 2. The number of hydrogen-bond acceptors (Lipinski definition) is 14. The topological polar surface area (TPSA) is 260 Å². The molecule has 1 heterocycles. The summed E-state index contributed by atoms with van der Waals surface area (Å²) in [4.78, 5) is 3.13. The summed E-state index contributed by atoms with van der Waals surface area (Å²) in [5.41, 5.74) is 1.21. The zero-order valence-electron chi connectivity index (χ0n) is 25.5. The highest BCUT2D eigenvalue weighted by molar-refractivity contribution is 7.87. The number of ether oxygens (including phenoxy) is 1. The average Bonchev–Trinajstić information content (AvgIpc) is 3.03. The number of azo groups is 2. The van der Waals surface area contributed by atoms with Crippen molar-refractivity contribution in [3.63, 3.8) is 0 Å². The largest absolute Gasteiger partial charge is 0.494 e. The summed E-state index contributed by atoms with van der Waals surface area (Å²) in [6, 6.07) is 11.7. The van der Waals surface area contributed by atoms with Gasteiger partial charge < -0.3 is 10.1 Å². The van der Waals surface area contributed by atoms with Gasteiger partial charge >= 0.3 is 6.08 Å². The van der Waals surface area contributed by atoms with E-state index in [1.807, 2.05) is 0 Å². The Labute approximate surface area is 292 Å². The Kier molecular flexibility index (Phi) is 10.1. The molecule has 1 aromatic heterocycles. The van der Waals surface area contributed by atoms with Gasteiger partial charge in [0.1, 0.15) is 26.3 Å². The van der Waals surface area contributed by atoms with E-state index in [1.165, 1.54) is 43.5 Å². The van der Waals surface area contributed by atoms with Crippen LogP contribution in [0.25, 0.3) is 10.8 Å². The number of nitrogens with one attached hydrogen (secondary N) is 1. The molecule has 4 aromatic carbocycles. The summed E-state index contributed by atoms with van der Waals surface area (Å²) < 4.78 is 134. The summed E-state index contributed by atoms with van der Waals surface area (Å²) in [5.74, 6) is -1.37. The first-order valence-electron chi connectivity index (χ1n) is 13.6. The lowest BCUT2D eigenvalue weighted by atomic mass is 10.1. The molecule has 0 saturated carbocycles. The van der Waals surface area contributed by atoms with Crippen molar-refractivity contribution in [1.82, 2.24) is 9.97 Å². The fraction of sp³-hybridized carbons (Fsp3) is 0.0714. The molecule has 5 aromatic rings. The van der Waals surface area contributed by atoms with E-state index in [1.54, 1.807) is 6.92 Å². The van der Waals surface area contributed by atoms with Crippen molar-refractivity contribution in [1.29, 1.82) is 0 Å². The lowest BCUT2D eigenvalue weighted by Gasteiger charge is -2.11. The van der Waals surface area contributed by atoms with Gasteiger partial charge in [0.15, 0.2) is 5.82 Å². The lowest BCUT2D eigenvalue weighted by Crippen LogP contribution is -2.07. The monoisotopic (exact) mass is 783 g/mol. The molecule has 0 saturated heterocycles. The molecule has 0 fully saturated rings. The fourth-order valence-corrected chi connectivity index (χ4v) is 6.63. The number of rotatable bonds is 10. The summed E-state index contributed by atoms with van der Waals surface area (Å²) in [5, 5.41) is 17.2. The highest BCUT2D eigenvalue weighted by Crippen LogP contribution is 2.39. The second kappa shape index (κ2) is 13.9. The minimum atomic E-state index is -5.22. The van der Waals surface area contributed by atoms with Gasteiger partial charge in [-0.15, -0.1) is 5.11 Å². The Balaban J connectivity index is 1.47. The van der Waals surface area contributed by atoms with Gasteiger partial charge in [-0.25, -0.2) is 0 Å². The molecule has 4 N–H and O–H groups in total. The maximum atomic E-state index is 13.6. The van der Waals surface area contributed by atoms with Gasteiger partial charge in [0.25, 0.3) is 30.4 Å². The first-order valence-corrected chi connectivity index (χ1v) is 18.3. The number of aryl methyl sites for hydroxylation is 1. The quantitative estimate of drug-likeness (QED) is 0.0473. The van der Waals surface area contributed by atoms with Crippen molar-refractivity contribution in [2.45, 2.75) is 21.6 Å². The van der Waals surface area contributed by atoms with Gasteiger partial charge in [0.2, 0.25) is 5.95 Å². The molecule has 0 spiro atoms. The lowest BCUT2D eigenvalue weighted by molar-refractivity contribution is 0.416. The number of fused-ring (bicyclic) bond motifs is 1. The molecule has 51 heavy (non-hydrogen) atoms. The van der Waals surface area contributed by atoms with Gasteiger partial charge in [0, 0.05) is 22.5 Å². The van der Waals surface area contributed by atoms with E-state index in [-0.39, 0.29) is 28.6 Å². The van der Waals surface area contributed by atoms with Crippen LogP contribution in [0.3, 0.4) is 0 Å². The van der Waals surface area contributed by atoms with Crippen LogP contribution in [0.5, 0.6) is 5.75 Å². The van der Waals surface area contributed by atoms with Crippen LogP contribution in [0, 0.1) is 18.9 Å². The molecule has 17 nitrogen and oxygen atoms in total. The average molecular weight is 784 g/mol. The first kappa shape index (κ1) is 37.2. The van der Waals surface area contributed by atoms with Crippen molar-refractivity contribution < 1.29 is 52.4 Å². The summed E-state index contributed by atoms with van der Waals surface area (Å²) >= 11 is 5.78. The standard InChI is InChI=1S/C28H20ClF2N7O10S3/c1-13-7-21(38-35-15-5-3-14(4-6-15)32-27-25(29)26(30)33-28(31)34-27)22(48-2)12-20(13)37-36-16-8-18-19(23(9-16)50(42,43)44)10-17(49(39,40)41)11-24(18)51(45,46)47/h3-12H,1-2H3,(H,32,33,34)(H,39,40,41)(H,42,43,44)(H,45,46,47). The minimum absolute atomic E-state index is 0.155. The molecule has 0 radical (unpaired) electrons. The zero-order chi connectivity index (χ0) is 37.5. The summed E-state index contributed by atoms with van der Waals surface area (Å²) in [6.45, 7) is 1.61. The second-order valence-corrected chi connectivity index (χ2v) is 14.8.